The molecular weight excluding hydrogens is 236 g/mol. The van der Waals surface area contributed by atoms with Gasteiger partial charge in [-0.1, -0.05) is 12.2 Å². The second-order valence-electron chi connectivity index (χ2n) is 2.68. The van der Waals surface area contributed by atoms with Crippen LogP contribution in [-0.4, -0.2) is 47.1 Å². The molecule has 0 spiro atoms. The first-order chi connectivity index (χ1) is 7.11. The van der Waals surface area contributed by atoms with Crippen LogP contribution in [0, 0.1) is 0 Å². The van der Waals surface area contributed by atoms with Crippen molar-refractivity contribution in [2.24, 2.45) is 0 Å². The zero-order valence-corrected chi connectivity index (χ0v) is 9.99. The predicted molar refractivity (Wildman–Crippen MR) is 64.2 cm³/mol. The molecule has 0 radical (unpaired) electrons. The third-order valence-electron chi connectivity index (χ3n) is 1.60. The van der Waals surface area contributed by atoms with Gasteiger partial charge in [0.25, 0.3) is 0 Å². The SMILES string of the molecule is CNC(=O)C(CNCCC(=O)O)SC=S. The van der Waals surface area contributed by atoms with Crippen LogP contribution in [0.4, 0.5) is 0 Å². The standard InChI is InChI=1S/C8H14N2O3S2/c1-9-8(13)6(15-5-14)4-10-3-2-7(11)12/h5-6,10H,2-4H2,1H3,(H,9,13)(H,11,12). The van der Waals surface area contributed by atoms with Crippen LogP contribution in [0.15, 0.2) is 0 Å². The second-order valence-corrected chi connectivity index (χ2v) is 4.29. The minimum absolute atomic E-state index is 0.0444. The molecule has 0 heterocycles. The highest BCUT2D eigenvalue weighted by Crippen LogP contribution is 2.06. The van der Waals surface area contributed by atoms with E-state index in [1.807, 2.05) is 0 Å². The van der Waals surface area contributed by atoms with Gasteiger partial charge in [0.05, 0.1) is 6.42 Å². The average Bonchev–Trinajstić information content (AvgIpc) is 2.21. The molecule has 0 saturated heterocycles. The van der Waals surface area contributed by atoms with Gasteiger partial charge in [-0.25, -0.2) is 0 Å². The lowest BCUT2D eigenvalue weighted by Crippen LogP contribution is -2.38. The molecule has 5 nitrogen and oxygen atoms in total. The number of hydrogen-bond acceptors (Lipinski definition) is 5. The van der Waals surface area contributed by atoms with Crippen molar-refractivity contribution in [2.45, 2.75) is 11.7 Å². The minimum atomic E-state index is -0.860. The lowest BCUT2D eigenvalue weighted by molar-refractivity contribution is -0.136. The van der Waals surface area contributed by atoms with Crippen molar-refractivity contribution in [3.05, 3.63) is 0 Å². The van der Waals surface area contributed by atoms with Gasteiger partial charge in [0, 0.05) is 24.8 Å². The van der Waals surface area contributed by atoms with E-state index in [0.717, 1.165) is 0 Å². The number of carbonyl (C=O) groups excluding carboxylic acids is 1. The fourth-order valence-corrected chi connectivity index (χ4v) is 1.85. The lowest BCUT2D eigenvalue weighted by atomic mass is 10.3. The summed E-state index contributed by atoms with van der Waals surface area (Å²) in [5.74, 6) is -0.981. The molecule has 0 aliphatic rings. The van der Waals surface area contributed by atoms with E-state index in [1.165, 1.54) is 16.5 Å². The van der Waals surface area contributed by atoms with Crippen LogP contribution in [0.2, 0.25) is 0 Å². The van der Waals surface area contributed by atoms with Gasteiger partial charge in [0.15, 0.2) is 0 Å². The zero-order valence-electron chi connectivity index (χ0n) is 8.36. The number of carboxylic acid groups (broad SMARTS) is 1. The maximum absolute atomic E-state index is 11.3. The first-order valence-electron chi connectivity index (χ1n) is 4.35. The Hall–Kier alpha value is -0.660. The molecule has 15 heavy (non-hydrogen) atoms. The number of carboxylic acids is 1. The van der Waals surface area contributed by atoms with E-state index in [4.69, 9.17) is 5.11 Å². The number of rotatable bonds is 8. The van der Waals surface area contributed by atoms with Gasteiger partial charge in [0.2, 0.25) is 5.91 Å². The van der Waals surface area contributed by atoms with E-state index >= 15 is 0 Å². The van der Waals surface area contributed by atoms with Gasteiger partial charge in [-0.15, -0.1) is 11.8 Å². The van der Waals surface area contributed by atoms with Crippen LogP contribution in [0.5, 0.6) is 0 Å². The Morgan fingerprint density at radius 1 is 1.60 bits per heavy atom. The third kappa shape index (κ3) is 7.29. The van der Waals surface area contributed by atoms with Gasteiger partial charge in [-0.2, -0.15) is 0 Å². The first kappa shape index (κ1) is 14.3. The van der Waals surface area contributed by atoms with Crippen LogP contribution in [0.3, 0.4) is 0 Å². The molecule has 86 valence electrons. The maximum atomic E-state index is 11.3. The lowest BCUT2D eigenvalue weighted by Gasteiger charge is -2.12. The molecule has 0 aromatic carbocycles. The summed E-state index contributed by atoms with van der Waals surface area (Å²) in [6.45, 7) is 0.756. The summed E-state index contributed by atoms with van der Waals surface area (Å²) in [4.78, 5) is 21.5. The Morgan fingerprint density at radius 3 is 2.73 bits per heavy atom. The van der Waals surface area contributed by atoms with Crippen LogP contribution < -0.4 is 10.6 Å². The van der Waals surface area contributed by atoms with Gasteiger partial charge in [0.1, 0.15) is 5.25 Å². The van der Waals surface area contributed by atoms with Crippen molar-refractivity contribution < 1.29 is 14.7 Å². The fourth-order valence-electron chi connectivity index (χ4n) is 0.859. The maximum Gasteiger partial charge on any atom is 0.304 e. The summed E-state index contributed by atoms with van der Waals surface area (Å²) >= 11 is 5.89. The van der Waals surface area contributed by atoms with Crippen LogP contribution in [0.1, 0.15) is 6.42 Å². The van der Waals surface area contributed by atoms with Crippen LogP contribution in [-0.2, 0) is 9.59 Å². The third-order valence-corrected chi connectivity index (χ3v) is 2.76. The summed E-state index contributed by atoms with van der Waals surface area (Å²) in [6, 6.07) is 0. The van der Waals surface area contributed by atoms with Crippen molar-refractivity contribution in [3.8, 4) is 0 Å². The van der Waals surface area contributed by atoms with E-state index in [2.05, 4.69) is 22.9 Å². The molecule has 0 aliphatic carbocycles. The highest BCUT2D eigenvalue weighted by molar-refractivity contribution is 8.21. The summed E-state index contributed by atoms with van der Waals surface area (Å²) in [7, 11) is 1.55. The molecule has 0 saturated carbocycles. The Bertz CT molecular complexity index is 236. The van der Waals surface area contributed by atoms with E-state index in [0.29, 0.717) is 13.1 Å². The molecular formula is C8H14N2O3S2. The fraction of sp³-hybridized carbons (Fsp3) is 0.625. The summed E-state index contributed by atoms with van der Waals surface area (Å²) in [5, 5.41) is 13.5. The Kier molecular flexibility index (Phi) is 8.25. The number of thioether (sulfide) groups is 1. The smallest absolute Gasteiger partial charge is 0.304 e. The summed E-state index contributed by atoms with van der Waals surface area (Å²) in [6.07, 6.45) is 0.0444. The second kappa shape index (κ2) is 8.63. The highest BCUT2D eigenvalue weighted by atomic mass is 32.2. The molecule has 7 heteroatoms. The molecule has 0 aliphatic heterocycles. The number of amides is 1. The average molecular weight is 250 g/mol. The van der Waals surface area contributed by atoms with Crippen molar-refractivity contribution in [1.29, 1.82) is 0 Å². The van der Waals surface area contributed by atoms with E-state index in [9.17, 15) is 9.59 Å². The van der Waals surface area contributed by atoms with E-state index in [-0.39, 0.29) is 17.6 Å². The van der Waals surface area contributed by atoms with Crippen molar-refractivity contribution in [2.75, 3.05) is 20.1 Å². The highest BCUT2D eigenvalue weighted by Gasteiger charge is 2.15. The van der Waals surface area contributed by atoms with Crippen LogP contribution in [0.25, 0.3) is 0 Å². The first-order valence-corrected chi connectivity index (χ1v) is 5.76. The van der Waals surface area contributed by atoms with Gasteiger partial charge in [-0.3, -0.25) is 9.59 Å². The topological polar surface area (TPSA) is 78.4 Å². The van der Waals surface area contributed by atoms with Gasteiger partial charge in [-0.05, 0) is 0 Å². The van der Waals surface area contributed by atoms with Crippen molar-refractivity contribution >= 4 is 40.6 Å². The van der Waals surface area contributed by atoms with Crippen molar-refractivity contribution in [1.82, 2.24) is 10.6 Å². The monoisotopic (exact) mass is 250 g/mol. The number of nitrogens with one attached hydrogen (secondary N) is 2. The number of carbonyl (C=O) groups is 2. The molecule has 0 bridgehead atoms. The van der Waals surface area contributed by atoms with Gasteiger partial charge < -0.3 is 15.7 Å². The Labute approximate surface area is 98.0 Å². The Balaban J connectivity index is 3.80. The minimum Gasteiger partial charge on any atom is -0.481 e. The molecule has 0 aromatic rings. The van der Waals surface area contributed by atoms with Crippen molar-refractivity contribution in [3.63, 3.8) is 0 Å². The molecule has 1 atom stereocenters. The summed E-state index contributed by atoms with van der Waals surface area (Å²) in [5.41, 5.74) is 0. The number of thiocarbonyl (C=S) groups is 1. The number of aliphatic carboxylic acids is 1. The summed E-state index contributed by atoms with van der Waals surface area (Å²) < 4.78 is 1.43. The number of hydrogen-bond donors (Lipinski definition) is 3. The molecule has 1 unspecified atom stereocenters. The molecule has 0 rings (SSSR count). The molecule has 0 aromatic heterocycles. The molecule has 1 amide bonds. The predicted octanol–water partition coefficient (Wildman–Crippen LogP) is -0.144. The van der Waals surface area contributed by atoms with Crippen LogP contribution >= 0.6 is 24.0 Å². The normalized spacial score (nSPS) is 11.8. The quantitative estimate of drug-likeness (QED) is 0.411. The largest absolute Gasteiger partial charge is 0.481 e. The Morgan fingerprint density at radius 2 is 2.27 bits per heavy atom. The molecule has 0 fully saturated rings. The van der Waals surface area contributed by atoms with Gasteiger partial charge >= 0.3 is 5.97 Å². The van der Waals surface area contributed by atoms with E-state index < -0.39 is 5.97 Å². The van der Waals surface area contributed by atoms with E-state index in [1.54, 1.807) is 7.05 Å². The zero-order chi connectivity index (χ0) is 11.7. The molecule has 3 N–H and O–H groups in total.